The first-order valence-corrected chi connectivity index (χ1v) is 6.84. The number of hydroxylamine groups is 2. The molecule has 1 aromatic carbocycles. The summed E-state index contributed by atoms with van der Waals surface area (Å²) in [6.45, 7) is 3.18. The van der Waals surface area contributed by atoms with Crippen molar-refractivity contribution in [3.8, 4) is 12.1 Å². The second-order valence-electron chi connectivity index (χ2n) is 6.03. The van der Waals surface area contributed by atoms with Crippen LogP contribution < -0.4 is 0 Å². The maximum Gasteiger partial charge on any atom is 0.355 e. The molecule has 0 aromatic heterocycles. The molecule has 0 radical (unpaired) electrons. The van der Waals surface area contributed by atoms with Crippen molar-refractivity contribution in [3.63, 3.8) is 0 Å². The summed E-state index contributed by atoms with van der Waals surface area (Å²) < 4.78 is 0. The lowest BCUT2D eigenvalue weighted by atomic mass is 9.98. The molecule has 2 amide bonds. The lowest BCUT2D eigenvalue weighted by Crippen LogP contribution is -2.37. The van der Waals surface area contributed by atoms with Crippen LogP contribution in [0.4, 0.5) is 0 Å². The van der Waals surface area contributed by atoms with Gasteiger partial charge in [-0.25, -0.2) is 4.79 Å². The molecule has 1 aliphatic carbocycles. The SMILES string of the molecule is CC1(C)C(C#N)C1(C#N)C(=O)ON1C(=O)c2ccccc2C1=O. The van der Waals surface area contributed by atoms with Crippen LogP contribution in [-0.4, -0.2) is 22.8 Å². The van der Waals surface area contributed by atoms with E-state index >= 15 is 0 Å². The highest BCUT2D eigenvalue weighted by molar-refractivity contribution is 6.21. The zero-order valence-corrected chi connectivity index (χ0v) is 12.4. The molecule has 0 bridgehead atoms. The number of rotatable bonds is 2. The van der Waals surface area contributed by atoms with Crippen molar-refractivity contribution < 1.29 is 19.2 Å². The van der Waals surface area contributed by atoms with Crippen molar-refractivity contribution >= 4 is 17.8 Å². The Kier molecular flexibility index (Phi) is 2.82. The molecule has 2 aliphatic rings. The third-order valence-corrected chi connectivity index (χ3v) is 4.65. The zero-order valence-electron chi connectivity index (χ0n) is 12.4. The topological polar surface area (TPSA) is 111 Å². The summed E-state index contributed by atoms with van der Waals surface area (Å²) in [7, 11) is 0. The first kappa shape index (κ1) is 14.7. The van der Waals surface area contributed by atoms with Crippen LogP contribution in [0.1, 0.15) is 34.6 Å². The fourth-order valence-corrected chi connectivity index (χ4v) is 3.06. The Morgan fingerprint density at radius 1 is 1.17 bits per heavy atom. The number of hydrogen-bond donors (Lipinski definition) is 0. The van der Waals surface area contributed by atoms with Crippen molar-refractivity contribution in [2.45, 2.75) is 13.8 Å². The number of benzene rings is 1. The van der Waals surface area contributed by atoms with Gasteiger partial charge < -0.3 is 4.84 Å². The van der Waals surface area contributed by atoms with E-state index in [9.17, 15) is 19.6 Å². The summed E-state index contributed by atoms with van der Waals surface area (Å²) in [4.78, 5) is 41.7. The van der Waals surface area contributed by atoms with Gasteiger partial charge in [0.05, 0.1) is 29.2 Å². The average Bonchev–Trinajstić information content (AvgIpc) is 2.96. The predicted molar refractivity (Wildman–Crippen MR) is 74.0 cm³/mol. The molecule has 1 aromatic rings. The van der Waals surface area contributed by atoms with Gasteiger partial charge in [0.25, 0.3) is 11.8 Å². The lowest BCUT2D eigenvalue weighted by molar-refractivity contribution is -0.174. The standard InChI is InChI=1S/C16H11N3O4/c1-15(2)11(7-17)16(15,8-18)14(22)23-19-12(20)9-5-3-4-6-10(9)13(19)21/h3-6,11H,1-2H3. The maximum atomic E-state index is 12.4. The molecule has 1 saturated carbocycles. The number of nitrogens with zero attached hydrogens (tertiary/aromatic N) is 3. The van der Waals surface area contributed by atoms with Crippen molar-refractivity contribution in [1.82, 2.24) is 5.06 Å². The molecule has 7 heteroatoms. The molecule has 2 unspecified atom stereocenters. The molecule has 114 valence electrons. The minimum Gasteiger partial charge on any atom is -0.328 e. The normalized spacial score (nSPS) is 27.0. The minimum atomic E-state index is -1.68. The van der Waals surface area contributed by atoms with Gasteiger partial charge in [-0.15, -0.1) is 0 Å². The molecule has 2 atom stereocenters. The molecule has 0 N–H and O–H groups in total. The molecule has 1 aliphatic heterocycles. The summed E-state index contributed by atoms with van der Waals surface area (Å²) in [5.41, 5.74) is -2.34. The Balaban J connectivity index is 1.89. The lowest BCUT2D eigenvalue weighted by Gasteiger charge is -2.16. The van der Waals surface area contributed by atoms with Gasteiger partial charge in [-0.1, -0.05) is 31.0 Å². The molecular weight excluding hydrogens is 298 g/mol. The Bertz CT molecular complexity index is 811. The first-order chi connectivity index (χ1) is 10.8. The molecule has 7 nitrogen and oxygen atoms in total. The molecular formula is C16H11N3O4. The second-order valence-corrected chi connectivity index (χ2v) is 6.03. The van der Waals surface area contributed by atoms with E-state index in [2.05, 4.69) is 0 Å². The molecule has 3 rings (SSSR count). The molecule has 23 heavy (non-hydrogen) atoms. The quantitative estimate of drug-likeness (QED) is 0.764. The third-order valence-electron chi connectivity index (χ3n) is 4.65. The van der Waals surface area contributed by atoms with Gasteiger partial charge in [0, 0.05) is 5.41 Å². The van der Waals surface area contributed by atoms with Gasteiger partial charge >= 0.3 is 5.97 Å². The monoisotopic (exact) mass is 309 g/mol. The Labute approximate surface area is 131 Å². The van der Waals surface area contributed by atoms with Crippen molar-refractivity contribution in [1.29, 1.82) is 10.5 Å². The summed E-state index contributed by atoms with van der Waals surface area (Å²) in [5.74, 6) is -3.45. The summed E-state index contributed by atoms with van der Waals surface area (Å²) in [5, 5.41) is 18.8. The minimum absolute atomic E-state index is 0.128. The van der Waals surface area contributed by atoms with E-state index in [4.69, 9.17) is 10.1 Å². The van der Waals surface area contributed by atoms with E-state index in [1.165, 1.54) is 12.1 Å². The van der Waals surface area contributed by atoms with E-state index in [-0.39, 0.29) is 11.1 Å². The third kappa shape index (κ3) is 1.59. The molecule has 0 spiro atoms. The van der Waals surface area contributed by atoms with Crippen LogP contribution in [0, 0.1) is 39.4 Å². The average molecular weight is 309 g/mol. The zero-order chi connectivity index (χ0) is 17.0. The van der Waals surface area contributed by atoms with Crippen LogP contribution in [0.25, 0.3) is 0 Å². The highest BCUT2D eigenvalue weighted by Crippen LogP contribution is 2.68. The predicted octanol–water partition coefficient (Wildman–Crippen LogP) is 1.43. The van der Waals surface area contributed by atoms with Crippen LogP contribution in [-0.2, 0) is 9.63 Å². The number of carbonyl (C=O) groups is 3. The number of hydrogen-bond acceptors (Lipinski definition) is 6. The summed E-state index contributed by atoms with van der Waals surface area (Å²) in [6.07, 6.45) is 0. The molecule has 0 saturated heterocycles. The van der Waals surface area contributed by atoms with Gasteiger partial charge in [-0.05, 0) is 12.1 Å². The van der Waals surface area contributed by atoms with Gasteiger partial charge in [-0.3, -0.25) is 9.59 Å². The van der Waals surface area contributed by atoms with Gasteiger partial charge in [0.1, 0.15) is 0 Å². The number of carbonyl (C=O) groups excluding carboxylic acids is 3. The van der Waals surface area contributed by atoms with Crippen LogP contribution in [0.2, 0.25) is 0 Å². The van der Waals surface area contributed by atoms with E-state index in [1.807, 2.05) is 12.1 Å². The van der Waals surface area contributed by atoms with Crippen LogP contribution in [0.3, 0.4) is 0 Å². The highest BCUT2D eigenvalue weighted by atomic mass is 16.7. The van der Waals surface area contributed by atoms with Crippen LogP contribution in [0.5, 0.6) is 0 Å². The van der Waals surface area contributed by atoms with Crippen LogP contribution >= 0.6 is 0 Å². The highest BCUT2D eigenvalue weighted by Gasteiger charge is 2.79. The van der Waals surface area contributed by atoms with Gasteiger partial charge in [-0.2, -0.15) is 10.5 Å². The van der Waals surface area contributed by atoms with E-state index < -0.39 is 34.5 Å². The largest absolute Gasteiger partial charge is 0.355 e. The summed E-state index contributed by atoms with van der Waals surface area (Å²) in [6, 6.07) is 9.79. The van der Waals surface area contributed by atoms with E-state index in [0.29, 0.717) is 5.06 Å². The van der Waals surface area contributed by atoms with Crippen LogP contribution in [0.15, 0.2) is 24.3 Å². The first-order valence-electron chi connectivity index (χ1n) is 6.84. The number of amides is 2. The van der Waals surface area contributed by atoms with Gasteiger partial charge in [0.2, 0.25) is 0 Å². The Morgan fingerprint density at radius 2 is 1.70 bits per heavy atom. The van der Waals surface area contributed by atoms with E-state index in [1.54, 1.807) is 26.0 Å². The number of fused-ring (bicyclic) bond motifs is 1. The fourth-order valence-electron chi connectivity index (χ4n) is 3.06. The molecule has 1 heterocycles. The molecule has 1 fully saturated rings. The number of imide groups is 1. The van der Waals surface area contributed by atoms with Crippen molar-refractivity contribution in [3.05, 3.63) is 35.4 Å². The van der Waals surface area contributed by atoms with Crippen molar-refractivity contribution in [2.24, 2.45) is 16.7 Å². The summed E-state index contributed by atoms with van der Waals surface area (Å²) >= 11 is 0. The number of nitriles is 2. The van der Waals surface area contributed by atoms with Gasteiger partial charge in [0.15, 0.2) is 5.41 Å². The fraction of sp³-hybridized carbons (Fsp3) is 0.312. The van der Waals surface area contributed by atoms with E-state index in [0.717, 1.165) is 0 Å². The van der Waals surface area contributed by atoms with Crippen molar-refractivity contribution in [2.75, 3.05) is 0 Å². The Hall–Kier alpha value is -3.19. The smallest absolute Gasteiger partial charge is 0.328 e. The maximum absolute atomic E-state index is 12.4. The Morgan fingerprint density at radius 3 is 2.09 bits per heavy atom. The second kappa shape index (κ2) is 4.40.